The van der Waals surface area contributed by atoms with Crippen molar-refractivity contribution >= 4 is 9.84 Å². The summed E-state index contributed by atoms with van der Waals surface area (Å²) in [6, 6.07) is 2.08. The molecule has 0 saturated carbocycles. The van der Waals surface area contributed by atoms with Crippen LogP contribution in [0.3, 0.4) is 0 Å². The first-order chi connectivity index (χ1) is 6.03. The molecule has 1 unspecified atom stereocenters. The Labute approximate surface area is 78.9 Å². The Morgan fingerprint density at radius 1 is 1.46 bits per heavy atom. The fourth-order valence-corrected chi connectivity index (χ4v) is 2.94. The second-order valence-electron chi connectivity index (χ2n) is 3.44. The van der Waals surface area contributed by atoms with Gasteiger partial charge in [0.15, 0.2) is 0 Å². The SMILES string of the molecule is CC(C#N)NC1CCS(=O)(=O)CC1. The summed E-state index contributed by atoms with van der Waals surface area (Å²) >= 11 is 0. The lowest BCUT2D eigenvalue weighted by atomic mass is 10.1. The lowest BCUT2D eigenvalue weighted by Gasteiger charge is -2.23. The van der Waals surface area contributed by atoms with E-state index in [2.05, 4.69) is 11.4 Å². The molecule has 1 aliphatic heterocycles. The molecule has 1 saturated heterocycles. The molecule has 0 spiro atoms. The van der Waals surface area contributed by atoms with Gasteiger partial charge in [0, 0.05) is 6.04 Å². The summed E-state index contributed by atoms with van der Waals surface area (Å²) < 4.78 is 22.1. The first kappa shape index (κ1) is 10.5. The van der Waals surface area contributed by atoms with Crippen LogP contribution in [-0.2, 0) is 9.84 Å². The number of hydrogen-bond donors (Lipinski definition) is 1. The van der Waals surface area contributed by atoms with Crippen molar-refractivity contribution in [2.45, 2.75) is 31.8 Å². The Balaban J connectivity index is 2.39. The lowest BCUT2D eigenvalue weighted by Crippen LogP contribution is -2.41. The van der Waals surface area contributed by atoms with Crippen LogP contribution in [0.5, 0.6) is 0 Å². The van der Waals surface area contributed by atoms with Crippen LogP contribution in [0.15, 0.2) is 0 Å². The average Bonchev–Trinajstić information content (AvgIpc) is 2.08. The minimum absolute atomic E-state index is 0.189. The van der Waals surface area contributed by atoms with Crippen LogP contribution in [0.25, 0.3) is 0 Å². The highest BCUT2D eigenvalue weighted by molar-refractivity contribution is 7.91. The van der Waals surface area contributed by atoms with E-state index in [9.17, 15) is 8.42 Å². The molecule has 5 heteroatoms. The first-order valence-corrected chi connectivity index (χ1v) is 6.22. The van der Waals surface area contributed by atoms with E-state index in [0.717, 1.165) is 0 Å². The van der Waals surface area contributed by atoms with Gasteiger partial charge in [-0.15, -0.1) is 0 Å². The van der Waals surface area contributed by atoms with E-state index < -0.39 is 9.84 Å². The Morgan fingerprint density at radius 3 is 2.46 bits per heavy atom. The zero-order valence-electron chi connectivity index (χ0n) is 7.66. The van der Waals surface area contributed by atoms with E-state index >= 15 is 0 Å². The molecule has 1 fully saturated rings. The monoisotopic (exact) mass is 202 g/mol. The van der Waals surface area contributed by atoms with E-state index in [1.807, 2.05) is 0 Å². The molecule has 1 atom stereocenters. The molecule has 0 aromatic heterocycles. The summed E-state index contributed by atoms with van der Waals surface area (Å²) in [7, 11) is -2.78. The molecule has 0 aromatic rings. The minimum atomic E-state index is -2.78. The van der Waals surface area contributed by atoms with Crippen LogP contribution >= 0.6 is 0 Å². The average molecular weight is 202 g/mol. The highest BCUT2D eigenvalue weighted by Crippen LogP contribution is 2.12. The summed E-state index contributed by atoms with van der Waals surface area (Å²) in [6.45, 7) is 1.78. The first-order valence-electron chi connectivity index (χ1n) is 4.39. The maximum Gasteiger partial charge on any atom is 0.150 e. The zero-order valence-corrected chi connectivity index (χ0v) is 8.47. The number of nitrogens with one attached hydrogen (secondary N) is 1. The van der Waals surface area contributed by atoms with Gasteiger partial charge in [-0.05, 0) is 19.8 Å². The van der Waals surface area contributed by atoms with Crippen molar-refractivity contribution in [2.75, 3.05) is 11.5 Å². The molecule has 4 nitrogen and oxygen atoms in total. The minimum Gasteiger partial charge on any atom is -0.299 e. The van der Waals surface area contributed by atoms with Crippen molar-refractivity contribution in [3.8, 4) is 6.07 Å². The van der Waals surface area contributed by atoms with Gasteiger partial charge in [0.1, 0.15) is 9.84 Å². The van der Waals surface area contributed by atoms with Gasteiger partial charge < -0.3 is 0 Å². The highest BCUT2D eigenvalue weighted by Gasteiger charge is 2.23. The molecule has 1 N–H and O–H groups in total. The molecular weight excluding hydrogens is 188 g/mol. The standard InChI is InChI=1S/C8H14N2O2S/c1-7(6-9)10-8-2-4-13(11,12)5-3-8/h7-8,10H,2-5H2,1H3. The van der Waals surface area contributed by atoms with E-state index in [1.54, 1.807) is 6.92 Å². The third kappa shape index (κ3) is 3.33. The number of nitriles is 1. The second-order valence-corrected chi connectivity index (χ2v) is 5.75. The van der Waals surface area contributed by atoms with Crippen LogP contribution in [0.1, 0.15) is 19.8 Å². The summed E-state index contributed by atoms with van der Waals surface area (Å²) in [4.78, 5) is 0. The van der Waals surface area contributed by atoms with Gasteiger partial charge in [0.2, 0.25) is 0 Å². The van der Waals surface area contributed by atoms with Crippen molar-refractivity contribution in [2.24, 2.45) is 0 Å². The van der Waals surface area contributed by atoms with Gasteiger partial charge in [-0.3, -0.25) is 5.32 Å². The Kier molecular flexibility index (Phi) is 3.28. The third-order valence-corrected chi connectivity index (χ3v) is 3.95. The van der Waals surface area contributed by atoms with Crippen molar-refractivity contribution < 1.29 is 8.42 Å². The van der Waals surface area contributed by atoms with Crippen molar-refractivity contribution in [3.05, 3.63) is 0 Å². The van der Waals surface area contributed by atoms with Crippen molar-refractivity contribution in [3.63, 3.8) is 0 Å². The molecule has 74 valence electrons. The fraction of sp³-hybridized carbons (Fsp3) is 0.875. The van der Waals surface area contributed by atoms with Crippen molar-refractivity contribution in [1.29, 1.82) is 5.26 Å². The molecule has 13 heavy (non-hydrogen) atoms. The third-order valence-electron chi connectivity index (χ3n) is 2.23. The Bertz CT molecular complexity index is 291. The molecular formula is C8H14N2O2S. The predicted octanol–water partition coefficient (Wildman–Crippen LogP) is 0.0653. The molecule has 1 heterocycles. The smallest absolute Gasteiger partial charge is 0.150 e. The topological polar surface area (TPSA) is 70.0 Å². The van der Waals surface area contributed by atoms with Crippen LogP contribution < -0.4 is 5.32 Å². The highest BCUT2D eigenvalue weighted by atomic mass is 32.2. The van der Waals surface area contributed by atoms with Gasteiger partial charge in [0.25, 0.3) is 0 Å². The molecule has 0 aliphatic carbocycles. The largest absolute Gasteiger partial charge is 0.299 e. The van der Waals surface area contributed by atoms with E-state index in [4.69, 9.17) is 5.26 Å². The molecule has 0 aromatic carbocycles. The molecule has 0 bridgehead atoms. The number of sulfone groups is 1. The van der Waals surface area contributed by atoms with E-state index in [1.165, 1.54) is 0 Å². The molecule has 1 rings (SSSR count). The summed E-state index contributed by atoms with van der Waals surface area (Å²) in [6.07, 6.45) is 1.27. The lowest BCUT2D eigenvalue weighted by molar-refractivity contribution is 0.448. The predicted molar refractivity (Wildman–Crippen MR) is 49.9 cm³/mol. The Morgan fingerprint density at radius 2 is 2.00 bits per heavy atom. The number of hydrogen-bond acceptors (Lipinski definition) is 4. The summed E-state index contributed by atoms with van der Waals surface area (Å²) in [5.41, 5.74) is 0. The van der Waals surface area contributed by atoms with E-state index in [-0.39, 0.29) is 23.6 Å². The van der Waals surface area contributed by atoms with Crippen LogP contribution in [0.2, 0.25) is 0 Å². The quantitative estimate of drug-likeness (QED) is 0.687. The maximum atomic E-state index is 11.1. The van der Waals surface area contributed by atoms with Crippen LogP contribution in [-0.4, -0.2) is 32.0 Å². The molecule has 0 radical (unpaired) electrons. The molecule has 1 aliphatic rings. The zero-order chi connectivity index (χ0) is 9.90. The van der Waals surface area contributed by atoms with Gasteiger partial charge in [-0.25, -0.2) is 8.42 Å². The van der Waals surface area contributed by atoms with Gasteiger partial charge in [0.05, 0.1) is 23.6 Å². The van der Waals surface area contributed by atoms with Crippen LogP contribution in [0, 0.1) is 11.3 Å². The maximum absolute atomic E-state index is 11.1. The fourth-order valence-electron chi connectivity index (χ4n) is 1.45. The van der Waals surface area contributed by atoms with Crippen LogP contribution in [0.4, 0.5) is 0 Å². The Hall–Kier alpha value is -0.600. The molecule has 0 amide bonds. The van der Waals surface area contributed by atoms with Gasteiger partial charge >= 0.3 is 0 Å². The second kappa shape index (κ2) is 4.07. The number of nitrogens with zero attached hydrogens (tertiary/aromatic N) is 1. The van der Waals surface area contributed by atoms with Crippen molar-refractivity contribution in [1.82, 2.24) is 5.32 Å². The summed E-state index contributed by atoms with van der Waals surface area (Å²) in [5, 5.41) is 11.6. The van der Waals surface area contributed by atoms with Gasteiger partial charge in [-0.1, -0.05) is 0 Å². The van der Waals surface area contributed by atoms with Gasteiger partial charge in [-0.2, -0.15) is 5.26 Å². The summed E-state index contributed by atoms with van der Waals surface area (Å²) in [5.74, 6) is 0.506. The van der Waals surface area contributed by atoms with E-state index in [0.29, 0.717) is 12.8 Å². The number of rotatable bonds is 2. The normalized spacial score (nSPS) is 24.9.